The first-order valence-electron chi connectivity index (χ1n) is 10.3. The summed E-state index contributed by atoms with van der Waals surface area (Å²) in [6.07, 6.45) is 4.14. The molecule has 6 nitrogen and oxygen atoms in total. The number of fused-ring (bicyclic) bond motifs is 3. The third-order valence-corrected chi connectivity index (χ3v) is 8.13. The van der Waals surface area contributed by atoms with Crippen molar-refractivity contribution in [1.29, 1.82) is 0 Å². The predicted molar refractivity (Wildman–Crippen MR) is 122 cm³/mol. The molecule has 3 aliphatic rings. The molecule has 2 bridgehead atoms. The van der Waals surface area contributed by atoms with E-state index in [1.807, 2.05) is 6.92 Å². The zero-order valence-corrected chi connectivity index (χ0v) is 19.8. The molecule has 1 atom stereocenters. The van der Waals surface area contributed by atoms with E-state index in [1.165, 1.54) is 11.3 Å². The zero-order chi connectivity index (χ0) is 22.2. The summed E-state index contributed by atoms with van der Waals surface area (Å²) in [4.78, 5) is 29.6. The Morgan fingerprint density at radius 2 is 1.94 bits per heavy atom. The van der Waals surface area contributed by atoms with Crippen molar-refractivity contribution in [1.82, 2.24) is 15.6 Å². The van der Waals surface area contributed by atoms with Crippen molar-refractivity contribution in [3.05, 3.63) is 44.3 Å². The predicted octanol–water partition coefficient (Wildman–Crippen LogP) is 4.77. The summed E-state index contributed by atoms with van der Waals surface area (Å²) in [6.45, 7) is 3.95. The zero-order valence-electron chi connectivity index (χ0n) is 17.5. The normalized spacial score (nSPS) is 27.0. The van der Waals surface area contributed by atoms with Crippen LogP contribution in [0.5, 0.6) is 5.75 Å². The van der Waals surface area contributed by atoms with Crippen LogP contribution in [-0.2, 0) is 4.79 Å². The number of nitrogens with zero attached hydrogens (tertiary/aromatic N) is 1. The number of aromatic nitrogens is 1. The van der Waals surface area contributed by atoms with Crippen molar-refractivity contribution in [3.8, 4) is 5.75 Å². The lowest BCUT2D eigenvalue weighted by molar-refractivity contribution is -0.128. The summed E-state index contributed by atoms with van der Waals surface area (Å²) >= 11 is 13.4. The quantitative estimate of drug-likeness (QED) is 0.622. The van der Waals surface area contributed by atoms with Gasteiger partial charge in [0, 0.05) is 22.5 Å². The second-order valence-electron chi connectivity index (χ2n) is 8.66. The Hall–Kier alpha value is -1.83. The fraction of sp³-hybridized carbons (Fsp3) is 0.500. The number of ether oxygens (including phenoxy) is 1. The van der Waals surface area contributed by atoms with Crippen LogP contribution < -0.4 is 15.4 Å². The van der Waals surface area contributed by atoms with Gasteiger partial charge in [-0.15, -0.1) is 11.3 Å². The maximum Gasteiger partial charge on any atom is 0.271 e. The number of carbonyl (C=O) groups is 2. The molecule has 166 valence electrons. The molecule has 0 aliphatic heterocycles. The highest BCUT2D eigenvalue weighted by Gasteiger charge is 2.54. The Morgan fingerprint density at radius 1 is 1.19 bits per heavy atom. The molecule has 0 spiro atoms. The Labute approximate surface area is 195 Å². The molecule has 2 amide bonds. The minimum absolute atomic E-state index is 0.0858. The SMILES string of the molecule is Cc1nc(C(=O)NC23CCC(NC(=O)COc4ccc(Cl)c(Cl)c4)(CC2)[C@@H](C)C3)cs1. The van der Waals surface area contributed by atoms with Crippen LogP contribution in [0.25, 0.3) is 0 Å². The summed E-state index contributed by atoms with van der Waals surface area (Å²) in [6, 6.07) is 4.92. The number of hydrogen-bond donors (Lipinski definition) is 2. The number of hydrogen-bond acceptors (Lipinski definition) is 5. The number of carbonyl (C=O) groups excluding carboxylic acids is 2. The van der Waals surface area contributed by atoms with Gasteiger partial charge in [-0.1, -0.05) is 30.1 Å². The third-order valence-electron chi connectivity index (χ3n) is 6.62. The molecular formula is C22H25Cl2N3O3S. The minimum atomic E-state index is -0.262. The smallest absolute Gasteiger partial charge is 0.271 e. The van der Waals surface area contributed by atoms with Crippen molar-refractivity contribution >= 4 is 46.4 Å². The number of rotatable bonds is 6. The van der Waals surface area contributed by atoms with Crippen LogP contribution in [0.2, 0.25) is 10.0 Å². The van der Waals surface area contributed by atoms with Crippen LogP contribution in [0, 0.1) is 12.8 Å². The molecule has 9 heteroatoms. The lowest BCUT2D eigenvalue weighted by Gasteiger charge is -2.57. The maximum absolute atomic E-state index is 12.7. The molecule has 1 aromatic heterocycles. The Balaban J connectivity index is 1.34. The van der Waals surface area contributed by atoms with E-state index in [0.717, 1.165) is 37.1 Å². The molecule has 1 aromatic carbocycles. The highest BCUT2D eigenvalue weighted by molar-refractivity contribution is 7.09. The van der Waals surface area contributed by atoms with E-state index >= 15 is 0 Å². The fourth-order valence-corrected chi connectivity index (χ4v) is 5.76. The Bertz CT molecular complexity index is 1000. The monoisotopic (exact) mass is 481 g/mol. The van der Waals surface area contributed by atoms with Gasteiger partial charge in [-0.3, -0.25) is 9.59 Å². The second-order valence-corrected chi connectivity index (χ2v) is 10.5. The first-order valence-corrected chi connectivity index (χ1v) is 12.0. The number of thiazole rings is 1. The molecule has 2 aromatic rings. The van der Waals surface area contributed by atoms with Crippen LogP contribution in [0.1, 0.15) is 54.5 Å². The summed E-state index contributed by atoms with van der Waals surface area (Å²) in [5.41, 5.74) is -0.00144. The van der Waals surface area contributed by atoms with Gasteiger partial charge in [-0.25, -0.2) is 4.98 Å². The molecule has 3 aliphatic carbocycles. The van der Waals surface area contributed by atoms with Crippen molar-refractivity contribution < 1.29 is 14.3 Å². The van der Waals surface area contributed by atoms with Crippen LogP contribution in [-0.4, -0.2) is 34.5 Å². The number of amides is 2. The average molecular weight is 482 g/mol. The molecule has 0 saturated heterocycles. The van der Waals surface area contributed by atoms with Crippen LogP contribution in [0.15, 0.2) is 23.6 Å². The van der Waals surface area contributed by atoms with Gasteiger partial charge in [0.1, 0.15) is 11.4 Å². The van der Waals surface area contributed by atoms with Gasteiger partial charge in [-0.05, 0) is 57.1 Å². The summed E-state index contributed by atoms with van der Waals surface area (Å²) in [7, 11) is 0. The lowest BCUT2D eigenvalue weighted by atomic mass is 9.56. The van der Waals surface area contributed by atoms with Crippen LogP contribution in [0.4, 0.5) is 0 Å². The lowest BCUT2D eigenvalue weighted by Crippen LogP contribution is -2.67. The molecule has 1 heterocycles. The number of halogens is 2. The summed E-state index contributed by atoms with van der Waals surface area (Å²) in [5.74, 6) is 0.474. The van der Waals surface area contributed by atoms with Gasteiger partial charge < -0.3 is 15.4 Å². The standard InChI is InChI=1S/C22H25Cl2N3O3S/c1-13-10-21(27-20(29)18-12-31-14(2)25-18)5-7-22(13,8-6-21)26-19(28)11-30-15-3-4-16(23)17(24)9-15/h3-4,9,12-13H,5-8,10-11H2,1-2H3,(H,26,28)(H,27,29)/t13-,21?,22?/m0/s1. The Morgan fingerprint density at radius 3 is 2.55 bits per heavy atom. The van der Waals surface area contributed by atoms with Gasteiger partial charge in [0.25, 0.3) is 11.8 Å². The highest BCUT2D eigenvalue weighted by Crippen LogP contribution is 2.50. The minimum Gasteiger partial charge on any atom is -0.484 e. The van der Waals surface area contributed by atoms with Gasteiger partial charge in [0.15, 0.2) is 6.61 Å². The van der Waals surface area contributed by atoms with E-state index in [9.17, 15) is 9.59 Å². The van der Waals surface area contributed by atoms with Crippen molar-refractivity contribution in [2.24, 2.45) is 5.92 Å². The van der Waals surface area contributed by atoms with Crippen molar-refractivity contribution in [2.75, 3.05) is 6.61 Å². The van der Waals surface area contributed by atoms with Gasteiger partial charge >= 0.3 is 0 Å². The molecule has 0 radical (unpaired) electrons. The molecule has 3 saturated carbocycles. The highest BCUT2D eigenvalue weighted by atomic mass is 35.5. The number of aryl methyl sites for hydroxylation is 1. The molecule has 5 rings (SSSR count). The maximum atomic E-state index is 12.7. The molecule has 3 fully saturated rings. The van der Waals surface area contributed by atoms with Crippen molar-refractivity contribution in [3.63, 3.8) is 0 Å². The molecule has 31 heavy (non-hydrogen) atoms. The summed E-state index contributed by atoms with van der Waals surface area (Å²) < 4.78 is 5.59. The van der Waals surface area contributed by atoms with E-state index in [0.29, 0.717) is 21.5 Å². The van der Waals surface area contributed by atoms with E-state index in [-0.39, 0.29) is 35.4 Å². The summed E-state index contributed by atoms with van der Waals surface area (Å²) in [5, 5.41) is 9.99. The third kappa shape index (κ3) is 4.69. The first kappa shape index (κ1) is 22.4. The van der Waals surface area contributed by atoms with Crippen molar-refractivity contribution in [2.45, 2.75) is 57.0 Å². The van der Waals surface area contributed by atoms with Gasteiger partial charge in [0.2, 0.25) is 0 Å². The largest absolute Gasteiger partial charge is 0.484 e. The van der Waals surface area contributed by atoms with E-state index in [2.05, 4.69) is 22.5 Å². The first-order chi connectivity index (χ1) is 14.7. The number of nitrogens with one attached hydrogen (secondary N) is 2. The molecule has 2 N–H and O–H groups in total. The van der Waals surface area contributed by atoms with E-state index < -0.39 is 0 Å². The van der Waals surface area contributed by atoms with Gasteiger partial charge in [-0.2, -0.15) is 0 Å². The van der Waals surface area contributed by atoms with Crippen LogP contribution in [0.3, 0.4) is 0 Å². The average Bonchev–Trinajstić information content (AvgIpc) is 3.17. The van der Waals surface area contributed by atoms with E-state index in [1.54, 1.807) is 23.6 Å². The number of benzene rings is 1. The van der Waals surface area contributed by atoms with Gasteiger partial charge in [0.05, 0.1) is 15.1 Å². The second kappa shape index (κ2) is 8.60. The van der Waals surface area contributed by atoms with E-state index in [4.69, 9.17) is 27.9 Å². The van der Waals surface area contributed by atoms with Crippen LogP contribution >= 0.6 is 34.5 Å². The fourth-order valence-electron chi connectivity index (χ4n) is 4.88. The topological polar surface area (TPSA) is 80.3 Å². The molecule has 0 unspecified atom stereocenters. The molecular weight excluding hydrogens is 457 g/mol. The Kier molecular flexibility index (Phi) is 6.21.